The van der Waals surface area contributed by atoms with Gasteiger partial charge in [-0.05, 0) is 29.7 Å². The third kappa shape index (κ3) is 7.52. The van der Waals surface area contributed by atoms with Crippen LogP contribution in [0.15, 0.2) is 36.5 Å². The van der Waals surface area contributed by atoms with Crippen molar-refractivity contribution in [2.45, 2.75) is 26.6 Å². The number of methoxy groups -OCH3 is 1. The molecule has 2 rings (SSSR count). The Morgan fingerprint density at radius 2 is 1.90 bits per heavy atom. The van der Waals surface area contributed by atoms with Crippen molar-refractivity contribution in [1.82, 2.24) is 10.3 Å². The maximum Gasteiger partial charge on any atom is 0.422 e. The Labute approximate surface area is 167 Å². The summed E-state index contributed by atoms with van der Waals surface area (Å²) in [6.07, 6.45) is -3.08. The normalized spacial score (nSPS) is 11.3. The first kappa shape index (κ1) is 22.3. The first-order valence-electron chi connectivity index (χ1n) is 8.91. The second-order valence-electron chi connectivity index (χ2n) is 6.66. The number of halogens is 3. The predicted molar refractivity (Wildman–Crippen MR) is 100 cm³/mol. The monoisotopic (exact) mass is 412 g/mol. The lowest BCUT2D eigenvalue weighted by atomic mass is 10.1. The van der Waals surface area contributed by atoms with Crippen LogP contribution in [0, 0.1) is 5.92 Å². The molecule has 0 aliphatic rings. The molecule has 1 N–H and O–H groups in total. The minimum absolute atomic E-state index is 0.140. The van der Waals surface area contributed by atoms with Gasteiger partial charge in [0.25, 0.3) is 5.91 Å². The average molecular weight is 412 g/mol. The molecule has 1 heterocycles. The van der Waals surface area contributed by atoms with Gasteiger partial charge in [-0.25, -0.2) is 4.98 Å². The highest BCUT2D eigenvalue weighted by Crippen LogP contribution is 2.28. The fourth-order valence-corrected chi connectivity index (χ4v) is 2.23. The van der Waals surface area contributed by atoms with Crippen molar-refractivity contribution in [2.24, 2.45) is 5.92 Å². The summed E-state index contributed by atoms with van der Waals surface area (Å²) in [5.41, 5.74) is 0.999. The quantitative estimate of drug-likeness (QED) is 0.674. The van der Waals surface area contributed by atoms with E-state index in [0.717, 1.165) is 0 Å². The molecule has 0 saturated heterocycles. The second kappa shape index (κ2) is 9.99. The molecule has 0 atom stereocenters. The molecular weight excluding hydrogens is 389 g/mol. The van der Waals surface area contributed by atoms with Crippen LogP contribution in [0.5, 0.6) is 17.4 Å². The van der Waals surface area contributed by atoms with Crippen LogP contribution in [-0.4, -0.2) is 37.4 Å². The maximum atomic E-state index is 12.4. The number of amides is 1. The highest BCUT2D eigenvalue weighted by Gasteiger charge is 2.28. The van der Waals surface area contributed by atoms with Gasteiger partial charge in [-0.3, -0.25) is 4.79 Å². The van der Waals surface area contributed by atoms with Crippen molar-refractivity contribution < 1.29 is 32.2 Å². The molecule has 0 bridgehead atoms. The third-order valence-electron chi connectivity index (χ3n) is 3.63. The van der Waals surface area contributed by atoms with E-state index in [1.165, 1.54) is 25.4 Å². The summed E-state index contributed by atoms with van der Waals surface area (Å²) in [7, 11) is 1.49. The molecule has 0 aliphatic heterocycles. The largest absolute Gasteiger partial charge is 0.493 e. The van der Waals surface area contributed by atoms with E-state index >= 15 is 0 Å². The van der Waals surface area contributed by atoms with Crippen LogP contribution < -0.4 is 19.5 Å². The Morgan fingerprint density at radius 3 is 2.48 bits per heavy atom. The molecule has 0 unspecified atom stereocenters. The standard InChI is InChI=1S/C20H23F3N2O4/c1-13(2)11-28-16-6-5-15(8-17(16)27-3)19(26)25-10-14-4-7-18(24-9-14)29-12-20(21,22)23/h4-9,13H,10-12H2,1-3H3,(H,25,26). The molecule has 0 spiro atoms. The summed E-state index contributed by atoms with van der Waals surface area (Å²) < 4.78 is 51.9. The number of nitrogens with zero attached hydrogens (tertiary/aromatic N) is 1. The average Bonchev–Trinajstić information content (AvgIpc) is 2.68. The lowest BCUT2D eigenvalue weighted by Crippen LogP contribution is -2.23. The highest BCUT2D eigenvalue weighted by atomic mass is 19.4. The van der Waals surface area contributed by atoms with Crippen LogP contribution in [-0.2, 0) is 6.54 Å². The summed E-state index contributed by atoms with van der Waals surface area (Å²) in [6, 6.07) is 7.72. The number of carbonyl (C=O) groups is 1. The maximum absolute atomic E-state index is 12.4. The van der Waals surface area contributed by atoms with Crippen molar-refractivity contribution >= 4 is 5.91 Å². The molecule has 0 fully saturated rings. The number of hydrogen-bond donors (Lipinski definition) is 1. The van der Waals surface area contributed by atoms with Gasteiger partial charge in [0.05, 0.1) is 13.7 Å². The van der Waals surface area contributed by atoms with E-state index in [1.54, 1.807) is 18.2 Å². The van der Waals surface area contributed by atoms with Crippen molar-refractivity contribution in [1.29, 1.82) is 0 Å². The number of benzene rings is 1. The zero-order chi connectivity index (χ0) is 21.4. The van der Waals surface area contributed by atoms with Crippen LogP contribution in [0.1, 0.15) is 29.8 Å². The van der Waals surface area contributed by atoms with E-state index in [0.29, 0.717) is 35.2 Å². The number of rotatable bonds is 9. The third-order valence-corrected chi connectivity index (χ3v) is 3.63. The van der Waals surface area contributed by atoms with E-state index < -0.39 is 12.8 Å². The van der Waals surface area contributed by atoms with Crippen LogP contribution in [0.2, 0.25) is 0 Å². The molecule has 0 saturated carbocycles. The minimum atomic E-state index is -4.43. The molecule has 1 amide bonds. The first-order chi connectivity index (χ1) is 13.7. The molecule has 2 aromatic rings. The number of ether oxygens (including phenoxy) is 3. The van der Waals surface area contributed by atoms with Gasteiger partial charge in [0.15, 0.2) is 18.1 Å². The predicted octanol–water partition coefficient (Wildman–Crippen LogP) is 4.00. The summed E-state index contributed by atoms with van der Waals surface area (Å²) >= 11 is 0. The van der Waals surface area contributed by atoms with Crippen molar-refractivity contribution in [3.05, 3.63) is 47.7 Å². The van der Waals surface area contributed by atoms with E-state index in [-0.39, 0.29) is 18.3 Å². The molecule has 0 aliphatic carbocycles. The van der Waals surface area contributed by atoms with Gasteiger partial charge in [-0.15, -0.1) is 0 Å². The van der Waals surface area contributed by atoms with Gasteiger partial charge in [-0.2, -0.15) is 13.2 Å². The molecule has 9 heteroatoms. The van der Waals surface area contributed by atoms with Crippen molar-refractivity contribution in [3.63, 3.8) is 0 Å². The van der Waals surface area contributed by atoms with E-state index in [2.05, 4.69) is 15.0 Å². The summed E-state index contributed by atoms with van der Waals surface area (Å²) in [4.78, 5) is 16.2. The van der Waals surface area contributed by atoms with Gasteiger partial charge >= 0.3 is 6.18 Å². The van der Waals surface area contributed by atoms with Crippen LogP contribution in [0.25, 0.3) is 0 Å². The van der Waals surface area contributed by atoms with Crippen LogP contribution in [0.3, 0.4) is 0 Å². The zero-order valence-electron chi connectivity index (χ0n) is 16.4. The zero-order valence-corrected chi connectivity index (χ0v) is 16.4. The first-order valence-corrected chi connectivity index (χ1v) is 8.91. The van der Waals surface area contributed by atoms with E-state index in [1.807, 2.05) is 13.8 Å². The summed E-state index contributed by atoms with van der Waals surface area (Å²) in [5.74, 6) is 0.874. The molecular formula is C20H23F3N2O4. The fourth-order valence-electron chi connectivity index (χ4n) is 2.23. The van der Waals surface area contributed by atoms with Crippen LogP contribution in [0.4, 0.5) is 13.2 Å². The van der Waals surface area contributed by atoms with Gasteiger partial charge in [0, 0.05) is 24.4 Å². The van der Waals surface area contributed by atoms with Crippen molar-refractivity contribution in [2.75, 3.05) is 20.3 Å². The Bertz CT molecular complexity index is 808. The smallest absolute Gasteiger partial charge is 0.422 e. The molecule has 6 nitrogen and oxygen atoms in total. The SMILES string of the molecule is COc1cc(C(=O)NCc2ccc(OCC(F)(F)F)nc2)ccc1OCC(C)C. The van der Waals surface area contributed by atoms with Gasteiger partial charge in [0.2, 0.25) is 5.88 Å². The Balaban J connectivity index is 1.93. The molecule has 1 aromatic carbocycles. The molecule has 158 valence electrons. The number of carbonyl (C=O) groups excluding carboxylic acids is 1. The van der Waals surface area contributed by atoms with Gasteiger partial charge in [0.1, 0.15) is 0 Å². The number of hydrogen-bond acceptors (Lipinski definition) is 5. The summed E-state index contributed by atoms with van der Waals surface area (Å²) in [6.45, 7) is 3.32. The molecule has 1 aromatic heterocycles. The lowest BCUT2D eigenvalue weighted by Gasteiger charge is -2.13. The van der Waals surface area contributed by atoms with Gasteiger partial charge < -0.3 is 19.5 Å². The molecule has 0 radical (unpaired) electrons. The van der Waals surface area contributed by atoms with E-state index in [9.17, 15) is 18.0 Å². The number of alkyl halides is 3. The lowest BCUT2D eigenvalue weighted by molar-refractivity contribution is -0.154. The second-order valence-corrected chi connectivity index (χ2v) is 6.66. The number of aromatic nitrogens is 1. The highest BCUT2D eigenvalue weighted by molar-refractivity contribution is 5.94. The van der Waals surface area contributed by atoms with Crippen LogP contribution >= 0.6 is 0 Å². The Kier molecular flexibility index (Phi) is 7.69. The molecule has 29 heavy (non-hydrogen) atoms. The summed E-state index contributed by atoms with van der Waals surface area (Å²) in [5, 5.41) is 2.72. The Hall–Kier alpha value is -2.97. The van der Waals surface area contributed by atoms with Crippen molar-refractivity contribution in [3.8, 4) is 17.4 Å². The number of nitrogens with one attached hydrogen (secondary N) is 1. The topological polar surface area (TPSA) is 69.7 Å². The Morgan fingerprint density at radius 1 is 1.14 bits per heavy atom. The minimum Gasteiger partial charge on any atom is -0.493 e. The fraction of sp³-hybridized carbons (Fsp3) is 0.400. The van der Waals surface area contributed by atoms with Gasteiger partial charge in [-0.1, -0.05) is 19.9 Å². The van der Waals surface area contributed by atoms with E-state index in [4.69, 9.17) is 9.47 Å². The number of pyridine rings is 1.